The largest absolute Gasteiger partial charge is 0.396 e. The first-order valence-electron chi connectivity index (χ1n) is 10.4. The van der Waals surface area contributed by atoms with E-state index in [1.165, 1.54) is 32.1 Å². The molecule has 0 spiro atoms. The lowest BCUT2D eigenvalue weighted by molar-refractivity contribution is 0.0777. The molecule has 6 nitrogen and oxygen atoms in total. The predicted octanol–water partition coefficient (Wildman–Crippen LogP) is 2.23. The van der Waals surface area contributed by atoms with E-state index in [4.69, 9.17) is 0 Å². The van der Waals surface area contributed by atoms with Gasteiger partial charge in [-0.25, -0.2) is 0 Å². The van der Waals surface area contributed by atoms with Crippen molar-refractivity contribution in [3.63, 3.8) is 0 Å². The molecule has 1 aromatic heterocycles. The summed E-state index contributed by atoms with van der Waals surface area (Å²) in [6.45, 7) is 4.93. The van der Waals surface area contributed by atoms with Crippen molar-refractivity contribution < 1.29 is 9.90 Å². The van der Waals surface area contributed by atoms with E-state index in [0.29, 0.717) is 18.4 Å². The molecule has 1 aliphatic carbocycles. The number of rotatable bonds is 5. The average Bonchev–Trinajstić information content (AvgIpc) is 3.43. The first-order chi connectivity index (χ1) is 12.8. The summed E-state index contributed by atoms with van der Waals surface area (Å²) in [5.41, 5.74) is 1.80. The van der Waals surface area contributed by atoms with Gasteiger partial charge >= 0.3 is 0 Å². The lowest BCUT2D eigenvalue weighted by atomic mass is 9.85. The van der Waals surface area contributed by atoms with E-state index in [1.807, 2.05) is 4.90 Å². The van der Waals surface area contributed by atoms with Crippen LogP contribution in [0.4, 0.5) is 0 Å². The molecule has 2 aliphatic heterocycles. The van der Waals surface area contributed by atoms with Crippen molar-refractivity contribution in [2.75, 3.05) is 39.3 Å². The number of amides is 1. The van der Waals surface area contributed by atoms with Crippen LogP contribution < -0.4 is 0 Å². The monoisotopic (exact) mass is 360 g/mol. The first kappa shape index (κ1) is 18.0. The second-order valence-electron chi connectivity index (χ2n) is 8.45. The Balaban J connectivity index is 1.44. The van der Waals surface area contributed by atoms with E-state index in [-0.39, 0.29) is 18.4 Å². The van der Waals surface area contributed by atoms with E-state index in [1.54, 1.807) is 6.20 Å². The molecule has 1 amide bonds. The Morgan fingerprint density at radius 2 is 1.85 bits per heavy atom. The van der Waals surface area contributed by atoms with Crippen molar-refractivity contribution >= 4 is 5.91 Å². The number of aromatic amines is 1. The zero-order valence-electron chi connectivity index (χ0n) is 15.7. The van der Waals surface area contributed by atoms with E-state index in [2.05, 4.69) is 15.1 Å². The number of hydrogen-bond donors (Lipinski definition) is 2. The van der Waals surface area contributed by atoms with Gasteiger partial charge < -0.3 is 14.9 Å². The van der Waals surface area contributed by atoms with Crippen molar-refractivity contribution in [2.45, 2.75) is 50.9 Å². The Hall–Kier alpha value is -1.40. The third-order valence-corrected chi connectivity index (χ3v) is 6.70. The van der Waals surface area contributed by atoms with Crippen LogP contribution in [0.15, 0.2) is 6.20 Å². The molecule has 1 saturated carbocycles. The summed E-state index contributed by atoms with van der Waals surface area (Å²) < 4.78 is 0. The second-order valence-corrected chi connectivity index (χ2v) is 8.45. The van der Waals surface area contributed by atoms with Crippen LogP contribution in [-0.2, 0) is 0 Å². The predicted molar refractivity (Wildman–Crippen MR) is 100 cm³/mol. The van der Waals surface area contributed by atoms with Crippen molar-refractivity contribution in [1.29, 1.82) is 0 Å². The Bertz CT molecular complexity index is 605. The van der Waals surface area contributed by atoms with Gasteiger partial charge in [0.2, 0.25) is 0 Å². The molecule has 2 N–H and O–H groups in total. The number of likely N-dealkylation sites (tertiary alicyclic amines) is 2. The summed E-state index contributed by atoms with van der Waals surface area (Å²) in [6.07, 6.45) is 10.4. The van der Waals surface area contributed by atoms with Crippen LogP contribution in [0.1, 0.15) is 66.9 Å². The first-order valence-corrected chi connectivity index (χ1v) is 10.4. The highest BCUT2D eigenvalue weighted by Crippen LogP contribution is 2.34. The summed E-state index contributed by atoms with van der Waals surface area (Å²) in [5.74, 6) is 1.13. The molecule has 0 bridgehead atoms. The Morgan fingerprint density at radius 3 is 2.58 bits per heavy atom. The van der Waals surface area contributed by atoms with E-state index >= 15 is 0 Å². The molecule has 3 fully saturated rings. The minimum atomic E-state index is 0.0988. The third kappa shape index (κ3) is 3.67. The Morgan fingerprint density at radius 1 is 1.12 bits per heavy atom. The molecule has 1 aromatic rings. The van der Waals surface area contributed by atoms with E-state index in [9.17, 15) is 9.90 Å². The van der Waals surface area contributed by atoms with Gasteiger partial charge in [0.05, 0.1) is 17.5 Å². The molecule has 0 unspecified atom stereocenters. The van der Waals surface area contributed by atoms with Crippen LogP contribution in [0, 0.1) is 11.8 Å². The summed E-state index contributed by atoms with van der Waals surface area (Å²) in [6, 6.07) is 0. The summed E-state index contributed by atoms with van der Waals surface area (Å²) in [5, 5.41) is 17.1. The van der Waals surface area contributed by atoms with Gasteiger partial charge in [-0.15, -0.1) is 0 Å². The van der Waals surface area contributed by atoms with Gasteiger partial charge in [-0.05, 0) is 44.7 Å². The number of aliphatic hydroxyl groups excluding tert-OH is 1. The maximum absolute atomic E-state index is 13.2. The van der Waals surface area contributed by atoms with Crippen LogP contribution in [-0.4, -0.2) is 70.3 Å². The van der Waals surface area contributed by atoms with Gasteiger partial charge in [0.15, 0.2) is 0 Å². The van der Waals surface area contributed by atoms with Gasteiger partial charge in [0.1, 0.15) is 0 Å². The maximum Gasteiger partial charge on any atom is 0.257 e. The van der Waals surface area contributed by atoms with Crippen molar-refractivity contribution in [3.05, 3.63) is 17.5 Å². The number of carbonyl (C=O) groups excluding carboxylic acids is 1. The Kier molecular flexibility index (Phi) is 5.60. The second kappa shape index (κ2) is 8.09. The minimum Gasteiger partial charge on any atom is -0.396 e. The molecule has 4 rings (SSSR count). The van der Waals surface area contributed by atoms with E-state index < -0.39 is 0 Å². The summed E-state index contributed by atoms with van der Waals surface area (Å²) in [7, 11) is 0. The number of aliphatic hydroxyl groups is 1. The van der Waals surface area contributed by atoms with Gasteiger partial charge in [0.25, 0.3) is 5.91 Å². The number of aromatic nitrogens is 2. The van der Waals surface area contributed by atoms with Crippen molar-refractivity contribution in [2.24, 2.45) is 11.8 Å². The maximum atomic E-state index is 13.2. The molecular formula is C20H32N4O2. The van der Waals surface area contributed by atoms with Crippen LogP contribution in [0.3, 0.4) is 0 Å². The molecule has 3 aliphatic rings. The van der Waals surface area contributed by atoms with Crippen LogP contribution in [0.25, 0.3) is 0 Å². The highest BCUT2D eigenvalue weighted by atomic mass is 16.3. The molecule has 0 aromatic carbocycles. The molecule has 26 heavy (non-hydrogen) atoms. The zero-order valence-corrected chi connectivity index (χ0v) is 15.7. The molecule has 3 heterocycles. The number of nitrogens with zero attached hydrogens (tertiary/aromatic N) is 3. The smallest absolute Gasteiger partial charge is 0.257 e. The number of H-pyrrole nitrogens is 1. The topological polar surface area (TPSA) is 72.5 Å². The van der Waals surface area contributed by atoms with Crippen LogP contribution >= 0.6 is 0 Å². The quantitative estimate of drug-likeness (QED) is 0.845. The minimum absolute atomic E-state index is 0.0988. The molecule has 0 radical (unpaired) electrons. The SMILES string of the molecule is O=C(c1cn[nH]c1C1CCCCC1)N1C[C@@H](CO)[C@@H](CN2CCCC2)C1. The third-order valence-electron chi connectivity index (χ3n) is 6.70. The number of hydrogen-bond acceptors (Lipinski definition) is 4. The molecular weight excluding hydrogens is 328 g/mol. The van der Waals surface area contributed by atoms with Crippen molar-refractivity contribution in [3.8, 4) is 0 Å². The summed E-state index contributed by atoms with van der Waals surface area (Å²) in [4.78, 5) is 17.6. The molecule has 144 valence electrons. The Labute approximate surface area is 155 Å². The highest BCUT2D eigenvalue weighted by Gasteiger charge is 2.37. The summed E-state index contributed by atoms with van der Waals surface area (Å²) >= 11 is 0. The fourth-order valence-corrected chi connectivity index (χ4v) is 5.15. The van der Waals surface area contributed by atoms with Gasteiger partial charge in [-0.1, -0.05) is 19.3 Å². The molecule has 2 saturated heterocycles. The fourth-order valence-electron chi connectivity index (χ4n) is 5.15. The highest BCUT2D eigenvalue weighted by molar-refractivity contribution is 5.95. The molecule has 6 heteroatoms. The van der Waals surface area contributed by atoms with Gasteiger partial charge in [0, 0.05) is 38.1 Å². The van der Waals surface area contributed by atoms with Crippen molar-refractivity contribution in [1.82, 2.24) is 20.0 Å². The standard InChI is InChI=1S/C20H32N4O2/c25-14-17-13-24(12-16(17)11-23-8-4-5-9-23)20(26)18-10-21-22-19(18)15-6-2-1-3-7-15/h10,15-17,25H,1-9,11-14H2,(H,21,22)/t16-,17-/m0/s1. The number of carbonyl (C=O) groups is 1. The van der Waals surface area contributed by atoms with Gasteiger partial charge in [-0.3, -0.25) is 9.89 Å². The lowest BCUT2D eigenvalue weighted by Crippen LogP contribution is -2.33. The lowest BCUT2D eigenvalue weighted by Gasteiger charge is -2.23. The van der Waals surface area contributed by atoms with Crippen LogP contribution in [0.5, 0.6) is 0 Å². The zero-order chi connectivity index (χ0) is 17.9. The number of nitrogens with one attached hydrogen (secondary N) is 1. The average molecular weight is 361 g/mol. The van der Waals surface area contributed by atoms with Crippen LogP contribution in [0.2, 0.25) is 0 Å². The fraction of sp³-hybridized carbons (Fsp3) is 0.800. The van der Waals surface area contributed by atoms with Gasteiger partial charge in [-0.2, -0.15) is 5.10 Å². The molecule has 2 atom stereocenters. The van der Waals surface area contributed by atoms with E-state index in [0.717, 1.165) is 50.3 Å². The normalized spacial score (nSPS) is 28.1.